The molecule has 31 heavy (non-hydrogen) atoms. The van der Waals surface area contributed by atoms with Crippen LogP contribution in [0.4, 0.5) is 18.9 Å². The van der Waals surface area contributed by atoms with Gasteiger partial charge in [0.05, 0.1) is 29.5 Å². The van der Waals surface area contributed by atoms with E-state index in [1.165, 1.54) is 17.0 Å². The van der Waals surface area contributed by atoms with Crippen LogP contribution in [0.5, 0.6) is 0 Å². The Bertz CT molecular complexity index is 1150. The molecular weight excluding hydrogens is 473 g/mol. The number of rotatable bonds is 3. The van der Waals surface area contributed by atoms with Crippen molar-refractivity contribution in [2.75, 3.05) is 16.4 Å². The molecule has 0 radical (unpaired) electrons. The number of thioether (sulfide) groups is 1. The molecule has 0 unspecified atom stereocenters. The first kappa shape index (κ1) is 22.2. The number of halogens is 4. The van der Waals surface area contributed by atoms with Gasteiger partial charge in [0.1, 0.15) is 0 Å². The van der Waals surface area contributed by atoms with Crippen LogP contribution in [0.1, 0.15) is 11.1 Å². The Kier molecular flexibility index (Phi) is 5.82. The van der Waals surface area contributed by atoms with E-state index in [4.69, 9.17) is 11.6 Å². The maximum atomic E-state index is 13.2. The van der Waals surface area contributed by atoms with Gasteiger partial charge in [-0.3, -0.25) is 4.79 Å². The third-order valence-electron chi connectivity index (χ3n) is 5.01. The molecule has 2 saturated heterocycles. The van der Waals surface area contributed by atoms with Gasteiger partial charge in [-0.25, -0.2) is 8.42 Å². The van der Waals surface area contributed by atoms with E-state index in [1.807, 2.05) is 0 Å². The van der Waals surface area contributed by atoms with Crippen LogP contribution in [0.3, 0.4) is 0 Å². The SMILES string of the molecule is O=C(Cc1ccc(Cl)cc1)N=C1S[C@@H]2CS(=O)(=O)C[C@H]2N1c1cccc(C(F)(F)F)c1. The molecule has 2 aromatic rings. The summed E-state index contributed by atoms with van der Waals surface area (Å²) in [6, 6.07) is 10.7. The summed E-state index contributed by atoms with van der Waals surface area (Å²) in [6.45, 7) is 0. The maximum absolute atomic E-state index is 13.2. The van der Waals surface area contributed by atoms with Crippen molar-refractivity contribution in [3.05, 3.63) is 64.7 Å². The fourth-order valence-corrected chi connectivity index (χ4v) is 7.68. The van der Waals surface area contributed by atoms with E-state index in [9.17, 15) is 26.4 Å². The number of amides is 1. The van der Waals surface area contributed by atoms with Gasteiger partial charge in [0.25, 0.3) is 5.91 Å². The molecule has 2 aromatic carbocycles. The lowest BCUT2D eigenvalue weighted by Gasteiger charge is -2.25. The lowest BCUT2D eigenvalue weighted by atomic mass is 10.1. The van der Waals surface area contributed by atoms with E-state index in [0.717, 1.165) is 23.9 Å². The van der Waals surface area contributed by atoms with Crippen LogP contribution in [0.2, 0.25) is 5.02 Å². The van der Waals surface area contributed by atoms with Crippen LogP contribution < -0.4 is 4.90 Å². The number of sulfone groups is 1. The van der Waals surface area contributed by atoms with Gasteiger partial charge >= 0.3 is 6.18 Å². The average Bonchev–Trinajstić information content (AvgIpc) is 3.13. The molecule has 0 spiro atoms. The Morgan fingerprint density at radius 2 is 1.87 bits per heavy atom. The second kappa shape index (κ2) is 8.14. The number of fused-ring (bicyclic) bond motifs is 1. The molecular formula is C20H16ClF3N2O3S2. The Labute approximate surface area is 186 Å². The number of aliphatic imine (C=N–C) groups is 1. The van der Waals surface area contributed by atoms with Crippen molar-refractivity contribution >= 4 is 50.0 Å². The summed E-state index contributed by atoms with van der Waals surface area (Å²) in [7, 11) is -3.33. The molecule has 0 saturated carbocycles. The van der Waals surface area contributed by atoms with Crippen LogP contribution >= 0.6 is 23.4 Å². The van der Waals surface area contributed by atoms with Gasteiger partial charge in [-0.05, 0) is 35.9 Å². The van der Waals surface area contributed by atoms with E-state index in [2.05, 4.69) is 4.99 Å². The summed E-state index contributed by atoms with van der Waals surface area (Å²) in [4.78, 5) is 18.1. The molecule has 2 aliphatic heterocycles. The monoisotopic (exact) mass is 488 g/mol. The van der Waals surface area contributed by atoms with Crippen molar-refractivity contribution in [2.45, 2.75) is 23.9 Å². The van der Waals surface area contributed by atoms with Crippen molar-refractivity contribution in [3.63, 3.8) is 0 Å². The minimum Gasteiger partial charge on any atom is -0.316 e. The fraction of sp³-hybridized carbons (Fsp3) is 0.300. The Morgan fingerprint density at radius 1 is 1.16 bits per heavy atom. The van der Waals surface area contributed by atoms with E-state index < -0.39 is 38.8 Å². The summed E-state index contributed by atoms with van der Waals surface area (Å²) in [5, 5.41) is 0.337. The second-order valence-electron chi connectivity index (χ2n) is 7.31. The predicted octanol–water partition coefficient (Wildman–Crippen LogP) is 4.20. The minimum atomic E-state index is -4.55. The van der Waals surface area contributed by atoms with Gasteiger partial charge in [-0.1, -0.05) is 41.6 Å². The van der Waals surface area contributed by atoms with Crippen LogP contribution in [0.25, 0.3) is 0 Å². The van der Waals surface area contributed by atoms with Gasteiger partial charge in [0.2, 0.25) is 0 Å². The summed E-state index contributed by atoms with van der Waals surface area (Å²) in [5.74, 6) is -0.794. The highest BCUT2D eigenvalue weighted by Gasteiger charge is 2.49. The third kappa shape index (κ3) is 4.91. The number of nitrogens with zero attached hydrogens (tertiary/aromatic N) is 2. The topological polar surface area (TPSA) is 66.8 Å². The van der Waals surface area contributed by atoms with Crippen molar-refractivity contribution < 1.29 is 26.4 Å². The fourth-order valence-electron chi connectivity index (χ4n) is 3.62. The molecule has 164 valence electrons. The number of hydrogen-bond donors (Lipinski definition) is 0. The molecule has 5 nitrogen and oxygen atoms in total. The van der Waals surface area contributed by atoms with Crippen molar-refractivity contribution in [2.24, 2.45) is 4.99 Å². The standard InChI is InChI=1S/C20H16ClF3N2O3S2/c21-14-6-4-12(5-7-14)8-18(27)25-19-26(16-10-31(28,29)11-17(16)30-19)15-3-1-2-13(9-15)20(22,23)24/h1-7,9,16-17H,8,10-11H2/t16-,17-/m1/s1. The van der Waals surface area contributed by atoms with Crippen LogP contribution in [0, 0.1) is 0 Å². The normalized spacial score (nSPS) is 23.9. The first-order valence-corrected chi connectivity index (χ1v) is 12.3. The number of amidine groups is 1. The van der Waals surface area contributed by atoms with Crippen LogP contribution in [-0.4, -0.2) is 42.3 Å². The van der Waals surface area contributed by atoms with E-state index >= 15 is 0 Å². The zero-order valence-electron chi connectivity index (χ0n) is 15.8. The summed E-state index contributed by atoms with van der Waals surface area (Å²) in [6.07, 6.45) is -4.56. The highest BCUT2D eigenvalue weighted by Crippen LogP contribution is 2.42. The zero-order valence-corrected chi connectivity index (χ0v) is 18.2. The lowest BCUT2D eigenvalue weighted by molar-refractivity contribution is -0.137. The minimum absolute atomic E-state index is 0.00864. The Hall–Kier alpha value is -2.04. The number of hydrogen-bond acceptors (Lipinski definition) is 4. The second-order valence-corrected chi connectivity index (χ2v) is 11.1. The molecule has 0 aliphatic carbocycles. The number of carbonyl (C=O) groups excluding carboxylic acids is 1. The molecule has 11 heteroatoms. The first-order valence-electron chi connectivity index (χ1n) is 9.21. The number of carbonyl (C=O) groups is 1. The molecule has 0 bridgehead atoms. The van der Waals surface area contributed by atoms with E-state index in [-0.39, 0.29) is 28.8 Å². The Morgan fingerprint density at radius 3 is 2.55 bits per heavy atom. The molecule has 2 atom stereocenters. The third-order valence-corrected chi connectivity index (χ3v) is 8.47. The van der Waals surface area contributed by atoms with Gasteiger partial charge in [-0.15, -0.1) is 0 Å². The maximum Gasteiger partial charge on any atom is 0.416 e. The van der Waals surface area contributed by atoms with Crippen molar-refractivity contribution in [1.29, 1.82) is 0 Å². The summed E-state index contributed by atoms with van der Waals surface area (Å²) < 4.78 is 63.8. The molecule has 4 rings (SSSR count). The van der Waals surface area contributed by atoms with Gasteiger partial charge < -0.3 is 4.90 Å². The number of benzene rings is 2. The zero-order chi connectivity index (χ0) is 22.4. The summed E-state index contributed by atoms with van der Waals surface area (Å²) in [5.41, 5.74) is -0.00810. The van der Waals surface area contributed by atoms with Gasteiger partial charge in [-0.2, -0.15) is 18.2 Å². The molecule has 2 heterocycles. The Balaban J connectivity index is 1.67. The number of anilines is 1. The number of alkyl halides is 3. The van der Waals surface area contributed by atoms with Crippen LogP contribution in [0.15, 0.2) is 53.5 Å². The summed E-state index contributed by atoms with van der Waals surface area (Å²) >= 11 is 6.96. The van der Waals surface area contributed by atoms with Crippen molar-refractivity contribution in [1.82, 2.24) is 0 Å². The molecule has 1 amide bonds. The van der Waals surface area contributed by atoms with E-state index in [1.54, 1.807) is 24.3 Å². The molecule has 2 fully saturated rings. The van der Waals surface area contributed by atoms with Crippen molar-refractivity contribution in [3.8, 4) is 0 Å². The lowest BCUT2D eigenvalue weighted by Crippen LogP contribution is -2.38. The highest BCUT2D eigenvalue weighted by atomic mass is 35.5. The van der Waals surface area contributed by atoms with Gasteiger partial charge in [0.15, 0.2) is 15.0 Å². The first-order chi connectivity index (χ1) is 14.5. The van der Waals surface area contributed by atoms with E-state index in [0.29, 0.717) is 10.6 Å². The highest BCUT2D eigenvalue weighted by molar-refractivity contribution is 8.16. The molecule has 2 aliphatic rings. The van der Waals surface area contributed by atoms with Gasteiger partial charge in [0, 0.05) is 16.0 Å². The largest absolute Gasteiger partial charge is 0.416 e. The molecule has 0 aromatic heterocycles. The average molecular weight is 489 g/mol. The predicted molar refractivity (Wildman–Crippen MR) is 115 cm³/mol. The van der Waals surface area contributed by atoms with Crippen LogP contribution in [-0.2, 0) is 27.2 Å². The quantitative estimate of drug-likeness (QED) is 0.647. The smallest absolute Gasteiger partial charge is 0.316 e. The molecule has 0 N–H and O–H groups in total.